The normalized spacial score (nSPS) is 51.2. The van der Waals surface area contributed by atoms with Gasteiger partial charge in [0, 0.05) is 6.92 Å². The van der Waals surface area contributed by atoms with Crippen molar-refractivity contribution in [1.29, 1.82) is 0 Å². The molecule has 2 heteroatoms. The van der Waals surface area contributed by atoms with E-state index in [-0.39, 0.29) is 12.1 Å². The first kappa shape index (κ1) is 20.1. The highest BCUT2D eigenvalue weighted by Gasteiger charge is 2.57. The van der Waals surface area contributed by atoms with Crippen molar-refractivity contribution in [3.05, 3.63) is 12.2 Å². The molecule has 29 heavy (non-hydrogen) atoms. The Morgan fingerprint density at radius 3 is 2.10 bits per heavy atom. The molecular weight excluding hydrogens is 356 g/mol. The van der Waals surface area contributed by atoms with E-state index in [0.717, 1.165) is 60.2 Å². The summed E-state index contributed by atoms with van der Waals surface area (Å²) in [5, 5.41) is 0. The van der Waals surface area contributed by atoms with Crippen LogP contribution >= 0.6 is 0 Å². The van der Waals surface area contributed by atoms with E-state index < -0.39 is 0 Å². The Labute approximate surface area is 178 Å². The summed E-state index contributed by atoms with van der Waals surface area (Å²) >= 11 is 0. The third-order valence-corrected chi connectivity index (χ3v) is 10.8. The highest BCUT2D eigenvalue weighted by molar-refractivity contribution is 5.66. The topological polar surface area (TPSA) is 26.3 Å². The average Bonchev–Trinajstić information content (AvgIpc) is 3.05. The maximum absolute atomic E-state index is 11.4. The van der Waals surface area contributed by atoms with Crippen molar-refractivity contribution in [2.45, 2.75) is 97.5 Å². The van der Waals surface area contributed by atoms with E-state index in [1.54, 1.807) is 6.92 Å². The molecule has 0 N–H and O–H groups in total. The van der Waals surface area contributed by atoms with Crippen LogP contribution in [0.1, 0.15) is 91.4 Å². The third-order valence-electron chi connectivity index (χ3n) is 10.8. The molecule has 0 heterocycles. The van der Waals surface area contributed by atoms with E-state index >= 15 is 0 Å². The van der Waals surface area contributed by atoms with Crippen LogP contribution in [0.25, 0.3) is 0 Å². The SMILES string of the molecule is C=C(C)C1(C)CCC2CCC3C4CCC5CC(OC(C)=O)CCC5C4CCC3C21. The molecule has 162 valence electrons. The van der Waals surface area contributed by atoms with E-state index in [9.17, 15) is 4.79 Å². The predicted octanol–water partition coefficient (Wildman–Crippen LogP) is 6.79. The minimum absolute atomic E-state index is 0.0865. The molecule has 0 aromatic carbocycles. The number of esters is 1. The van der Waals surface area contributed by atoms with Gasteiger partial charge in [-0.2, -0.15) is 0 Å². The summed E-state index contributed by atoms with van der Waals surface area (Å²) in [5.41, 5.74) is 1.86. The Balaban J connectivity index is 1.32. The number of hydrogen-bond donors (Lipinski definition) is 0. The fourth-order valence-corrected chi connectivity index (χ4v) is 9.57. The Hall–Kier alpha value is -0.790. The molecular formula is C27H42O2. The van der Waals surface area contributed by atoms with Crippen molar-refractivity contribution in [3.8, 4) is 0 Å². The zero-order valence-corrected chi connectivity index (χ0v) is 19.0. The van der Waals surface area contributed by atoms with Crippen LogP contribution in [0.3, 0.4) is 0 Å². The van der Waals surface area contributed by atoms with Gasteiger partial charge in [-0.25, -0.2) is 0 Å². The van der Waals surface area contributed by atoms with E-state index in [1.165, 1.54) is 63.4 Å². The van der Waals surface area contributed by atoms with E-state index in [2.05, 4.69) is 20.4 Å². The first-order valence-corrected chi connectivity index (χ1v) is 12.7. The van der Waals surface area contributed by atoms with Crippen LogP contribution in [0.5, 0.6) is 0 Å². The zero-order valence-electron chi connectivity index (χ0n) is 19.0. The van der Waals surface area contributed by atoms with Gasteiger partial charge >= 0.3 is 5.97 Å². The minimum atomic E-state index is -0.0865. The molecule has 5 saturated carbocycles. The summed E-state index contributed by atoms with van der Waals surface area (Å²) in [4.78, 5) is 11.4. The molecule has 0 aliphatic heterocycles. The van der Waals surface area contributed by atoms with Crippen LogP contribution in [0.2, 0.25) is 0 Å². The molecule has 5 aliphatic rings. The van der Waals surface area contributed by atoms with Crippen molar-refractivity contribution in [3.63, 3.8) is 0 Å². The molecule has 0 bridgehead atoms. The quantitative estimate of drug-likeness (QED) is 0.378. The predicted molar refractivity (Wildman–Crippen MR) is 117 cm³/mol. The molecule has 0 radical (unpaired) electrons. The number of hydrogen-bond acceptors (Lipinski definition) is 2. The van der Waals surface area contributed by atoms with Gasteiger partial charge in [0.25, 0.3) is 0 Å². The highest BCUT2D eigenvalue weighted by atomic mass is 16.5. The molecule has 0 aromatic rings. The number of carbonyl (C=O) groups is 1. The van der Waals surface area contributed by atoms with E-state index in [4.69, 9.17) is 4.74 Å². The van der Waals surface area contributed by atoms with Crippen molar-refractivity contribution in [2.75, 3.05) is 0 Å². The van der Waals surface area contributed by atoms with Gasteiger partial charge in [0.15, 0.2) is 0 Å². The first-order valence-electron chi connectivity index (χ1n) is 12.7. The molecule has 10 atom stereocenters. The van der Waals surface area contributed by atoms with E-state index in [0.29, 0.717) is 5.41 Å². The Bertz CT molecular complexity index is 667. The van der Waals surface area contributed by atoms with Crippen LogP contribution in [-0.2, 0) is 9.53 Å². The number of ether oxygens (including phenoxy) is 1. The fraction of sp³-hybridized carbons (Fsp3) is 0.889. The van der Waals surface area contributed by atoms with Crippen molar-refractivity contribution < 1.29 is 9.53 Å². The maximum atomic E-state index is 11.4. The monoisotopic (exact) mass is 398 g/mol. The molecule has 0 aromatic heterocycles. The Morgan fingerprint density at radius 1 is 0.793 bits per heavy atom. The molecule has 0 amide bonds. The van der Waals surface area contributed by atoms with Gasteiger partial charge in [0.05, 0.1) is 0 Å². The number of fused-ring (bicyclic) bond motifs is 7. The van der Waals surface area contributed by atoms with Crippen molar-refractivity contribution in [1.82, 2.24) is 0 Å². The summed E-state index contributed by atoms with van der Waals surface area (Å²) in [5.74, 6) is 7.42. The van der Waals surface area contributed by atoms with Gasteiger partial charge < -0.3 is 4.74 Å². The largest absolute Gasteiger partial charge is 0.463 e. The second-order valence-corrected chi connectivity index (χ2v) is 11.9. The summed E-state index contributed by atoms with van der Waals surface area (Å²) in [6.45, 7) is 10.9. The summed E-state index contributed by atoms with van der Waals surface area (Å²) in [7, 11) is 0. The van der Waals surface area contributed by atoms with Gasteiger partial charge in [0.2, 0.25) is 0 Å². The van der Waals surface area contributed by atoms with Crippen LogP contribution in [-0.4, -0.2) is 12.1 Å². The van der Waals surface area contributed by atoms with Gasteiger partial charge in [0.1, 0.15) is 6.10 Å². The molecule has 5 fully saturated rings. The van der Waals surface area contributed by atoms with Crippen LogP contribution < -0.4 is 0 Å². The molecule has 0 saturated heterocycles. The van der Waals surface area contributed by atoms with Gasteiger partial charge in [-0.15, -0.1) is 0 Å². The molecule has 10 unspecified atom stereocenters. The Kier molecular flexibility index (Phi) is 5.15. The zero-order chi connectivity index (χ0) is 20.3. The number of carbonyl (C=O) groups excluding carboxylic acids is 1. The summed E-state index contributed by atoms with van der Waals surface area (Å²) in [6, 6.07) is 0. The standard InChI is InChI=1S/C27H42O2/c1-16(2)27(4)14-13-18-5-8-24-23-9-6-19-15-20(29-17(3)28)7-10-21(19)22(23)11-12-25(24)26(18)27/h18-26H,1,5-15H2,2-4H3. The van der Waals surface area contributed by atoms with Crippen molar-refractivity contribution >= 4 is 5.97 Å². The lowest BCUT2D eigenvalue weighted by Gasteiger charge is -2.58. The third kappa shape index (κ3) is 3.23. The Morgan fingerprint density at radius 2 is 1.38 bits per heavy atom. The molecule has 2 nitrogen and oxygen atoms in total. The van der Waals surface area contributed by atoms with Crippen LogP contribution in [0.15, 0.2) is 12.2 Å². The smallest absolute Gasteiger partial charge is 0.302 e. The lowest BCUT2D eigenvalue weighted by molar-refractivity contribution is -0.152. The van der Waals surface area contributed by atoms with Crippen LogP contribution in [0.4, 0.5) is 0 Å². The van der Waals surface area contributed by atoms with Gasteiger partial charge in [-0.1, -0.05) is 19.1 Å². The maximum Gasteiger partial charge on any atom is 0.302 e. The average molecular weight is 399 g/mol. The van der Waals surface area contributed by atoms with Crippen LogP contribution in [0, 0.1) is 52.8 Å². The molecule has 5 aliphatic carbocycles. The second kappa shape index (κ2) is 7.41. The minimum Gasteiger partial charge on any atom is -0.463 e. The number of allylic oxidation sites excluding steroid dienone is 1. The first-order chi connectivity index (χ1) is 13.9. The lowest BCUT2D eigenvalue weighted by atomic mass is 9.47. The van der Waals surface area contributed by atoms with Gasteiger partial charge in [-0.3, -0.25) is 4.79 Å². The molecule has 5 rings (SSSR count). The van der Waals surface area contributed by atoms with Crippen molar-refractivity contribution in [2.24, 2.45) is 52.8 Å². The summed E-state index contributed by atoms with van der Waals surface area (Å²) < 4.78 is 5.61. The highest BCUT2D eigenvalue weighted by Crippen LogP contribution is 2.65. The van der Waals surface area contributed by atoms with E-state index in [1.807, 2.05) is 0 Å². The number of rotatable bonds is 2. The summed E-state index contributed by atoms with van der Waals surface area (Å²) in [6.07, 6.45) is 15.4. The lowest BCUT2D eigenvalue weighted by Crippen LogP contribution is -2.51. The van der Waals surface area contributed by atoms with Gasteiger partial charge in [-0.05, 0) is 130 Å². The second-order valence-electron chi connectivity index (χ2n) is 11.9. The fourth-order valence-electron chi connectivity index (χ4n) is 9.57. The molecule has 0 spiro atoms.